The largest absolute Gasteiger partial charge is 0.379 e. The van der Waals surface area contributed by atoms with Crippen molar-refractivity contribution in [1.29, 1.82) is 0 Å². The van der Waals surface area contributed by atoms with Gasteiger partial charge >= 0.3 is 0 Å². The Morgan fingerprint density at radius 1 is 0.759 bits per heavy atom. The van der Waals surface area contributed by atoms with Gasteiger partial charge in [0.25, 0.3) is 0 Å². The van der Waals surface area contributed by atoms with Crippen LogP contribution in [0.1, 0.15) is 53.4 Å². The number of hydrogen-bond donors (Lipinski definition) is 1. The van der Waals surface area contributed by atoms with Crippen LogP contribution >= 0.6 is 0 Å². The van der Waals surface area contributed by atoms with Gasteiger partial charge in [0, 0.05) is 38.3 Å². The summed E-state index contributed by atoms with van der Waals surface area (Å²) in [4.78, 5) is 34.8. The van der Waals surface area contributed by atoms with Crippen LogP contribution in [0.25, 0.3) is 0 Å². The third-order valence-electron chi connectivity index (χ3n) is 3.88. The maximum atomic E-state index is 11.8. The highest BCUT2D eigenvalue weighted by atomic mass is 16.5. The second-order valence-electron chi connectivity index (χ2n) is 7.31. The summed E-state index contributed by atoms with van der Waals surface area (Å²) in [5, 5.41) is 2.71. The van der Waals surface area contributed by atoms with Crippen LogP contribution in [-0.2, 0) is 33.3 Å². The van der Waals surface area contributed by atoms with E-state index in [1.165, 1.54) is 0 Å². The summed E-state index contributed by atoms with van der Waals surface area (Å²) in [6, 6.07) is 0. The Morgan fingerprint density at radius 2 is 1.41 bits per heavy atom. The fraction of sp³-hybridized carbons (Fsp3) is 0.857. The van der Waals surface area contributed by atoms with E-state index in [4.69, 9.17) is 18.9 Å². The van der Waals surface area contributed by atoms with Crippen LogP contribution in [0.2, 0.25) is 0 Å². The molecule has 0 saturated carbocycles. The molecule has 29 heavy (non-hydrogen) atoms. The highest BCUT2D eigenvalue weighted by Crippen LogP contribution is 2.00. The molecule has 0 bridgehead atoms. The number of hydrogen-bond acceptors (Lipinski definition) is 7. The van der Waals surface area contributed by atoms with E-state index in [1.807, 2.05) is 27.7 Å². The van der Waals surface area contributed by atoms with Crippen molar-refractivity contribution in [2.45, 2.75) is 59.5 Å². The van der Waals surface area contributed by atoms with Crippen molar-refractivity contribution in [2.24, 2.45) is 5.92 Å². The second-order valence-corrected chi connectivity index (χ2v) is 7.31. The molecular weight excluding hydrogens is 378 g/mol. The molecule has 1 N–H and O–H groups in total. The Labute approximate surface area is 175 Å². The van der Waals surface area contributed by atoms with E-state index < -0.39 is 0 Å². The van der Waals surface area contributed by atoms with Gasteiger partial charge in [0.05, 0.1) is 39.1 Å². The van der Waals surface area contributed by atoms with Crippen LogP contribution in [0.3, 0.4) is 0 Å². The number of ketones is 2. The van der Waals surface area contributed by atoms with E-state index in [0.29, 0.717) is 59.0 Å². The van der Waals surface area contributed by atoms with Gasteiger partial charge in [0.15, 0.2) is 5.78 Å². The molecule has 0 aliphatic rings. The Balaban J connectivity index is 3.42. The molecule has 0 aliphatic carbocycles. The molecule has 0 aliphatic heterocycles. The molecule has 0 spiro atoms. The summed E-state index contributed by atoms with van der Waals surface area (Å²) in [7, 11) is 0. The Morgan fingerprint density at radius 3 is 2.10 bits per heavy atom. The standard InChI is InChI=1S/C21H39NO7/c1-17(2)20(24)16-28-13-12-27-11-9-22-21(25)8-7-19(23)6-5-10-26-14-15-29-18(3)4/h17-18H,5-16H2,1-4H3,(H,22,25). The first-order valence-corrected chi connectivity index (χ1v) is 10.5. The zero-order valence-corrected chi connectivity index (χ0v) is 18.5. The molecule has 170 valence electrons. The van der Waals surface area contributed by atoms with Gasteiger partial charge in [-0.3, -0.25) is 14.4 Å². The SMILES string of the molecule is CC(C)OCCOCCCC(=O)CCC(=O)NCCOCCOCC(=O)C(C)C. The molecule has 0 aromatic carbocycles. The molecular formula is C21H39NO7. The topological polar surface area (TPSA) is 100 Å². The highest BCUT2D eigenvalue weighted by Gasteiger charge is 2.08. The number of amides is 1. The lowest BCUT2D eigenvalue weighted by Gasteiger charge is -2.08. The minimum atomic E-state index is -0.164. The van der Waals surface area contributed by atoms with Crippen molar-refractivity contribution in [3.63, 3.8) is 0 Å². The second kappa shape index (κ2) is 18.7. The van der Waals surface area contributed by atoms with Crippen molar-refractivity contribution in [3.8, 4) is 0 Å². The van der Waals surface area contributed by atoms with Crippen LogP contribution < -0.4 is 5.32 Å². The van der Waals surface area contributed by atoms with Gasteiger partial charge in [0.1, 0.15) is 12.4 Å². The molecule has 1 amide bonds. The fourth-order valence-corrected chi connectivity index (χ4v) is 2.10. The van der Waals surface area contributed by atoms with Crippen LogP contribution in [-0.4, -0.2) is 76.4 Å². The van der Waals surface area contributed by atoms with Crippen LogP contribution in [0.4, 0.5) is 0 Å². The molecule has 0 aromatic rings. The number of ether oxygens (including phenoxy) is 4. The third-order valence-corrected chi connectivity index (χ3v) is 3.88. The number of carbonyl (C=O) groups is 3. The Hall–Kier alpha value is -1.35. The summed E-state index contributed by atoms with van der Waals surface area (Å²) in [6.07, 6.45) is 1.68. The van der Waals surface area contributed by atoms with Crippen molar-refractivity contribution in [2.75, 3.05) is 52.8 Å². The van der Waals surface area contributed by atoms with E-state index in [-0.39, 0.29) is 48.9 Å². The van der Waals surface area contributed by atoms with Gasteiger partial charge in [-0.15, -0.1) is 0 Å². The number of carbonyl (C=O) groups excluding carboxylic acids is 3. The average molecular weight is 418 g/mol. The minimum absolute atomic E-state index is 0.0268. The first kappa shape index (κ1) is 27.6. The normalized spacial score (nSPS) is 11.2. The molecule has 0 saturated heterocycles. The minimum Gasteiger partial charge on any atom is -0.379 e. The van der Waals surface area contributed by atoms with Crippen molar-refractivity contribution < 1.29 is 33.3 Å². The summed E-state index contributed by atoms with van der Waals surface area (Å²) in [5.41, 5.74) is 0. The maximum Gasteiger partial charge on any atom is 0.220 e. The van der Waals surface area contributed by atoms with Gasteiger partial charge in [-0.2, -0.15) is 0 Å². The fourth-order valence-electron chi connectivity index (χ4n) is 2.10. The molecule has 0 rings (SSSR count). The lowest BCUT2D eigenvalue weighted by molar-refractivity contribution is -0.127. The Bertz CT molecular complexity index is 452. The van der Waals surface area contributed by atoms with Gasteiger partial charge in [-0.1, -0.05) is 13.8 Å². The van der Waals surface area contributed by atoms with Crippen LogP contribution in [0, 0.1) is 5.92 Å². The monoisotopic (exact) mass is 417 g/mol. The maximum absolute atomic E-state index is 11.8. The first-order chi connectivity index (χ1) is 13.8. The number of nitrogens with one attached hydrogen (secondary N) is 1. The summed E-state index contributed by atoms with van der Waals surface area (Å²) < 4.78 is 21.3. The van der Waals surface area contributed by atoms with E-state index >= 15 is 0 Å². The lowest BCUT2D eigenvalue weighted by Crippen LogP contribution is -2.28. The zero-order chi connectivity index (χ0) is 21.9. The predicted molar refractivity (Wildman–Crippen MR) is 110 cm³/mol. The Kier molecular flexibility index (Phi) is 17.8. The summed E-state index contributed by atoms with van der Waals surface area (Å²) >= 11 is 0. The predicted octanol–water partition coefficient (Wildman–Crippen LogP) is 1.93. The number of rotatable bonds is 20. The lowest BCUT2D eigenvalue weighted by atomic mass is 10.1. The molecule has 0 radical (unpaired) electrons. The summed E-state index contributed by atoms with van der Waals surface area (Å²) in [6.45, 7) is 10.8. The highest BCUT2D eigenvalue weighted by molar-refractivity contribution is 5.84. The first-order valence-electron chi connectivity index (χ1n) is 10.5. The summed E-state index contributed by atoms with van der Waals surface area (Å²) in [5.74, 6) is -0.0640. The van der Waals surface area contributed by atoms with Crippen LogP contribution in [0.15, 0.2) is 0 Å². The van der Waals surface area contributed by atoms with Crippen molar-refractivity contribution in [1.82, 2.24) is 5.32 Å². The van der Waals surface area contributed by atoms with Gasteiger partial charge in [-0.25, -0.2) is 0 Å². The van der Waals surface area contributed by atoms with E-state index in [1.54, 1.807) is 0 Å². The molecule has 0 aromatic heterocycles. The molecule has 8 heteroatoms. The van der Waals surface area contributed by atoms with Crippen molar-refractivity contribution >= 4 is 17.5 Å². The molecule has 0 atom stereocenters. The van der Waals surface area contributed by atoms with Gasteiger partial charge < -0.3 is 24.3 Å². The van der Waals surface area contributed by atoms with Gasteiger partial charge in [-0.05, 0) is 20.3 Å². The van der Waals surface area contributed by atoms with Crippen LogP contribution in [0.5, 0.6) is 0 Å². The molecule has 0 fully saturated rings. The van der Waals surface area contributed by atoms with E-state index in [0.717, 1.165) is 0 Å². The average Bonchev–Trinajstić information content (AvgIpc) is 2.67. The van der Waals surface area contributed by atoms with Gasteiger partial charge in [0.2, 0.25) is 5.91 Å². The molecule has 0 unspecified atom stereocenters. The van der Waals surface area contributed by atoms with E-state index in [2.05, 4.69) is 5.32 Å². The molecule has 0 heterocycles. The smallest absolute Gasteiger partial charge is 0.220 e. The zero-order valence-electron chi connectivity index (χ0n) is 18.5. The quantitative estimate of drug-likeness (QED) is 0.302. The molecule has 8 nitrogen and oxygen atoms in total. The number of Topliss-reactive ketones (excluding diaryl/α,β-unsaturated/α-hetero) is 2. The van der Waals surface area contributed by atoms with Crippen molar-refractivity contribution in [3.05, 3.63) is 0 Å². The third kappa shape index (κ3) is 19.7. The van der Waals surface area contributed by atoms with E-state index in [9.17, 15) is 14.4 Å².